The van der Waals surface area contributed by atoms with Crippen molar-refractivity contribution >= 4 is 11.9 Å². The Morgan fingerprint density at radius 3 is 2.06 bits per heavy atom. The minimum atomic E-state index is -1.06. The van der Waals surface area contributed by atoms with Gasteiger partial charge in [-0.25, -0.2) is 0 Å². The second-order valence-corrected chi connectivity index (χ2v) is 3.28. The molecular formula is C11H17NO6. The molecule has 0 atom stereocenters. The van der Waals surface area contributed by atoms with E-state index in [0.717, 1.165) is 0 Å². The number of allylic oxidation sites excluding steroid dienone is 1. The Labute approximate surface area is 105 Å². The third-order valence-electron chi connectivity index (χ3n) is 1.94. The van der Waals surface area contributed by atoms with Crippen LogP contribution in [0.25, 0.3) is 0 Å². The third kappa shape index (κ3) is 6.62. The van der Waals surface area contributed by atoms with E-state index in [2.05, 4.69) is 0 Å². The SMILES string of the molecule is CCOC(=O)C(CC=CC[N+](=O)[O-])C(=O)OCC. The summed E-state index contributed by atoms with van der Waals surface area (Å²) in [6.45, 7) is 3.23. The molecule has 0 aromatic heterocycles. The first-order valence-corrected chi connectivity index (χ1v) is 5.62. The highest BCUT2D eigenvalue weighted by atomic mass is 16.6. The summed E-state index contributed by atoms with van der Waals surface area (Å²) < 4.78 is 9.48. The molecule has 0 radical (unpaired) electrons. The van der Waals surface area contributed by atoms with Gasteiger partial charge in [-0.15, -0.1) is 0 Å². The highest BCUT2D eigenvalue weighted by Gasteiger charge is 2.28. The van der Waals surface area contributed by atoms with Crippen molar-refractivity contribution in [2.75, 3.05) is 19.8 Å². The van der Waals surface area contributed by atoms with Crippen LogP contribution in [0.2, 0.25) is 0 Å². The van der Waals surface area contributed by atoms with Gasteiger partial charge in [0.05, 0.1) is 13.2 Å². The van der Waals surface area contributed by atoms with Gasteiger partial charge in [0.1, 0.15) is 0 Å². The largest absolute Gasteiger partial charge is 0.465 e. The van der Waals surface area contributed by atoms with Gasteiger partial charge in [-0.1, -0.05) is 6.08 Å². The summed E-state index contributed by atoms with van der Waals surface area (Å²) in [6, 6.07) is 0. The first-order valence-electron chi connectivity index (χ1n) is 5.62. The predicted molar refractivity (Wildman–Crippen MR) is 62.4 cm³/mol. The van der Waals surface area contributed by atoms with E-state index >= 15 is 0 Å². The van der Waals surface area contributed by atoms with E-state index in [-0.39, 0.29) is 26.2 Å². The Balaban J connectivity index is 4.47. The molecule has 0 aromatic carbocycles. The maximum absolute atomic E-state index is 11.5. The maximum Gasteiger partial charge on any atom is 0.320 e. The van der Waals surface area contributed by atoms with Gasteiger partial charge in [0.25, 0.3) is 0 Å². The summed E-state index contributed by atoms with van der Waals surface area (Å²) in [5.41, 5.74) is 0. The molecular weight excluding hydrogens is 242 g/mol. The summed E-state index contributed by atoms with van der Waals surface area (Å²) in [6.07, 6.45) is 2.72. The molecule has 0 rings (SSSR count). The predicted octanol–water partition coefficient (Wildman–Crippen LogP) is 0.952. The van der Waals surface area contributed by atoms with Gasteiger partial charge >= 0.3 is 11.9 Å². The van der Waals surface area contributed by atoms with Gasteiger partial charge in [-0.05, 0) is 26.3 Å². The van der Waals surface area contributed by atoms with Gasteiger partial charge in [0.2, 0.25) is 6.54 Å². The number of hydrogen-bond donors (Lipinski definition) is 0. The zero-order valence-electron chi connectivity index (χ0n) is 10.5. The number of rotatable bonds is 8. The van der Waals surface area contributed by atoms with Crippen molar-refractivity contribution in [3.63, 3.8) is 0 Å². The van der Waals surface area contributed by atoms with Gasteiger partial charge in [-0.2, -0.15) is 0 Å². The number of nitro groups is 1. The van der Waals surface area contributed by atoms with E-state index in [9.17, 15) is 19.7 Å². The lowest BCUT2D eigenvalue weighted by Gasteiger charge is -2.12. The normalized spacial score (nSPS) is 10.6. The van der Waals surface area contributed by atoms with Crippen LogP contribution in [0.5, 0.6) is 0 Å². The van der Waals surface area contributed by atoms with Crippen molar-refractivity contribution in [2.24, 2.45) is 5.92 Å². The fourth-order valence-electron chi connectivity index (χ4n) is 1.17. The van der Waals surface area contributed by atoms with Crippen molar-refractivity contribution < 1.29 is 24.0 Å². The monoisotopic (exact) mass is 259 g/mol. The lowest BCUT2D eigenvalue weighted by Crippen LogP contribution is -2.27. The average molecular weight is 259 g/mol. The Kier molecular flexibility index (Phi) is 8.17. The van der Waals surface area contributed by atoms with Gasteiger partial charge in [0.15, 0.2) is 5.92 Å². The Bertz CT molecular complexity index is 307. The highest BCUT2D eigenvalue weighted by molar-refractivity contribution is 5.95. The quantitative estimate of drug-likeness (QED) is 0.212. The molecule has 0 heterocycles. The van der Waals surface area contributed by atoms with E-state index in [1.165, 1.54) is 12.2 Å². The van der Waals surface area contributed by atoms with Gasteiger partial charge in [-0.3, -0.25) is 19.7 Å². The molecule has 0 saturated carbocycles. The molecule has 0 aromatic rings. The van der Waals surface area contributed by atoms with E-state index in [1.807, 2.05) is 0 Å². The van der Waals surface area contributed by atoms with Crippen LogP contribution in [0, 0.1) is 16.0 Å². The molecule has 0 bridgehead atoms. The van der Waals surface area contributed by atoms with Gasteiger partial charge < -0.3 is 9.47 Å². The van der Waals surface area contributed by atoms with Crippen LogP contribution in [-0.4, -0.2) is 36.6 Å². The molecule has 0 aliphatic heterocycles. The molecule has 0 unspecified atom stereocenters. The standard InChI is InChI=1S/C11H17NO6/c1-3-17-10(13)9(11(14)18-4-2)7-5-6-8-12(15)16/h5-6,9H,3-4,7-8H2,1-2H3. The first kappa shape index (κ1) is 16.1. The second kappa shape index (κ2) is 9.15. The van der Waals surface area contributed by atoms with Crippen molar-refractivity contribution in [3.8, 4) is 0 Å². The van der Waals surface area contributed by atoms with Crippen LogP contribution >= 0.6 is 0 Å². The molecule has 0 aliphatic rings. The number of esters is 2. The average Bonchev–Trinajstić information content (AvgIpc) is 2.28. The Morgan fingerprint density at radius 1 is 1.17 bits per heavy atom. The molecule has 7 heteroatoms. The molecule has 102 valence electrons. The van der Waals surface area contributed by atoms with Crippen molar-refractivity contribution in [3.05, 3.63) is 22.3 Å². The van der Waals surface area contributed by atoms with Crippen LogP contribution < -0.4 is 0 Å². The lowest BCUT2D eigenvalue weighted by molar-refractivity contribution is -0.468. The van der Waals surface area contributed by atoms with Crippen LogP contribution in [0.15, 0.2) is 12.2 Å². The summed E-state index contributed by atoms with van der Waals surface area (Å²) in [5, 5.41) is 10.1. The zero-order chi connectivity index (χ0) is 14.0. The fraction of sp³-hybridized carbons (Fsp3) is 0.636. The van der Waals surface area contributed by atoms with E-state index in [1.54, 1.807) is 13.8 Å². The topological polar surface area (TPSA) is 95.7 Å². The van der Waals surface area contributed by atoms with E-state index < -0.39 is 22.8 Å². The smallest absolute Gasteiger partial charge is 0.320 e. The van der Waals surface area contributed by atoms with Crippen molar-refractivity contribution in [1.29, 1.82) is 0 Å². The summed E-state index contributed by atoms with van der Waals surface area (Å²) in [4.78, 5) is 32.6. The van der Waals surface area contributed by atoms with Crippen LogP contribution in [0.4, 0.5) is 0 Å². The molecule has 7 nitrogen and oxygen atoms in total. The second-order valence-electron chi connectivity index (χ2n) is 3.28. The fourth-order valence-corrected chi connectivity index (χ4v) is 1.17. The summed E-state index contributed by atoms with van der Waals surface area (Å²) in [5.74, 6) is -2.42. The van der Waals surface area contributed by atoms with Crippen LogP contribution in [0.3, 0.4) is 0 Å². The number of nitrogens with zero attached hydrogens (tertiary/aromatic N) is 1. The highest BCUT2D eigenvalue weighted by Crippen LogP contribution is 2.10. The number of carbonyl (C=O) groups excluding carboxylic acids is 2. The molecule has 0 fully saturated rings. The number of hydrogen-bond acceptors (Lipinski definition) is 6. The molecule has 0 amide bonds. The first-order chi connectivity index (χ1) is 8.52. The minimum absolute atomic E-state index is 0.0332. The summed E-state index contributed by atoms with van der Waals surface area (Å²) in [7, 11) is 0. The number of ether oxygens (including phenoxy) is 2. The molecule has 18 heavy (non-hydrogen) atoms. The molecule has 0 saturated heterocycles. The van der Waals surface area contributed by atoms with Crippen LogP contribution in [0.1, 0.15) is 20.3 Å². The molecule has 0 aliphatic carbocycles. The Hall–Kier alpha value is -1.92. The third-order valence-corrected chi connectivity index (χ3v) is 1.94. The number of carbonyl (C=O) groups is 2. The molecule has 0 spiro atoms. The zero-order valence-corrected chi connectivity index (χ0v) is 10.5. The maximum atomic E-state index is 11.5. The van der Waals surface area contributed by atoms with E-state index in [0.29, 0.717) is 0 Å². The van der Waals surface area contributed by atoms with Gasteiger partial charge in [0, 0.05) is 4.92 Å². The Morgan fingerprint density at radius 2 is 1.67 bits per heavy atom. The summed E-state index contributed by atoms with van der Waals surface area (Å²) >= 11 is 0. The van der Waals surface area contributed by atoms with Crippen LogP contribution in [-0.2, 0) is 19.1 Å². The minimum Gasteiger partial charge on any atom is -0.465 e. The van der Waals surface area contributed by atoms with Crippen molar-refractivity contribution in [1.82, 2.24) is 0 Å². The van der Waals surface area contributed by atoms with Crippen molar-refractivity contribution in [2.45, 2.75) is 20.3 Å². The van der Waals surface area contributed by atoms with E-state index in [4.69, 9.17) is 9.47 Å². The molecule has 0 N–H and O–H groups in total. The lowest BCUT2D eigenvalue weighted by atomic mass is 10.1.